The second kappa shape index (κ2) is 5.32. The fourth-order valence-electron chi connectivity index (χ4n) is 2.33. The summed E-state index contributed by atoms with van der Waals surface area (Å²) in [6.45, 7) is 6.24. The average molecular weight is 336 g/mol. The first-order valence-corrected chi connectivity index (χ1v) is 8.42. The van der Waals surface area contributed by atoms with Gasteiger partial charge in [0.2, 0.25) is 11.0 Å². The molecule has 4 nitrogen and oxygen atoms in total. The van der Waals surface area contributed by atoms with Crippen LogP contribution < -0.4 is 5.32 Å². The Kier molecular flexibility index (Phi) is 3.73. The molecule has 1 N–H and O–H groups in total. The summed E-state index contributed by atoms with van der Waals surface area (Å²) < 4.78 is 0. The van der Waals surface area contributed by atoms with Crippen LogP contribution in [0.5, 0.6) is 0 Å². The Balaban J connectivity index is 1.77. The first-order chi connectivity index (χ1) is 10.3. The minimum Gasteiger partial charge on any atom is -0.300 e. The van der Waals surface area contributed by atoms with Crippen molar-refractivity contribution in [1.82, 2.24) is 10.2 Å². The SMILES string of the molecule is CC(C)(C)c1nnc(NC(=O)C2(c3ccc(Cl)cc3)CC2)s1. The van der Waals surface area contributed by atoms with Crippen LogP contribution in [0.3, 0.4) is 0 Å². The van der Waals surface area contributed by atoms with Crippen LogP contribution in [0.2, 0.25) is 5.02 Å². The van der Waals surface area contributed by atoms with Gasteiger partial charge in [-0.1, -0.05) is 55.8 Å². The fourth-order valence-corrected chi connectivity index (χ4v) is 3.26. The van der Waals surface area contributed by atoms with Gasteiger partial charge >= 0.3 is 0 Å². The molecule has 22 heavy (non-hydrogen) atoms. The zero-order chi connectivity index (χ0) is 16.0. The molecule has 0 atom stereocenters. The van der Waals surface area contributed by atoms with E-state index < -0.39 is 5.41 Å². The smallest absolute Gasteiger partial charge is 0.236 e. The van der Waals surface area contributed by atoms with Gasteiger partial charge in [0.1, 0.15) is 5.01 Å². The lowest BCUT2D eigenvalue weighted by Crippen LogP contribution is -2.27. The number of nitrogens with zero attached hydrogens (tertiary/aromatic N) is 2. The van der Waals surface area contributed by atoms with Crippen LogP contribution in [0.4, 0.5) is 5.13 Å². The standard InChI is InChI=1S/C16H18ClN3OS/c1-15(2,3)13-19-20-14(22-13)18-12(21)16(8-9-16)10-4-6-11(17)7-5-10/h4-7H,8-9H2,1-3H3,(H,18,20,21). The largest absolute Gasteiger partial charge is 0.300 e. The van der Waals surface area contributed by atoms with Crippen LogP contribution in [0.25, 0.3) is 0 Å². The molecule has 1 saturated carbocycles. The molecule has 1 aliphatic carbocycles. The zero-order valence-corrected chi connectivity index (χ0v) is 14.4. The zero-order valence-electron chi connectivity index (χ0n) is 12.8. The van der Waals surface area contributed by atoms with Gasteiger partial charge in [0.05, 0.1) is 5.41 Å². The summed E-state index contributed by atoms with van der Waals surface area (Å²) in [5.74, 6) is -0.00793. The minimum absolute atomic E-state index is 0.00793. The Bertz CT molecular complexity index is 699. The molecule has 1 heterocycles. The van der Waals surface area contributed by atoms with Gasteiger partial charge in [0.15, 0.2) is 0 Å². The number of rotatable bonds is 3. The molecule has 116 valence electrons. The van der Waals surface area contributed by atoms with E-state index >= 15 is 0 Å². The third-order valence-electron chi connectivity index (χ3n) is 3.87. The van der Waals surface area contributed by atoms with Gasteiger partial charge in [-0.3, -0.25) is 10.1 Å². The number of nitrogens with one attached hydrogen (secondary N) is 1. The number of hydrogen-bond donors (Lipinski definition) is 1. The molecule has 1 aromatic heterocycles. The molecule has 0 unspecified atom stereocenters. The normalized spacial score (nSPS) is 16.4. The average Bonchev–Trinajstić information content (AvgIpc) is 3.12. The van der Waals surface area contributed by atoms with E-state index in [4.69, 9.17) is 11.6 Å². The Labute approximate surface area is 138 Å². The summed E-state index contributed by atoms with van der Waals surface area (Å²) in [6.07, 6.45) is 1.71. The van der Waals surface area contributed by atoms with E-state index in [0.29, 0.717) is 10.2 Å². The third kappa shape index (κ3) is 2.88. The third-order valence-corrected chi connectivity index (χ3v) is 5.38. The quantitative estimate of drug-likeness (QED) is 0.916. The van der Waals surface area contributed by atoms with Crippen LogP contribution in [0.1, 0.15) is 44.2 Å². The van der Waals surface area contributed by atoms with Crippen LogP contribution >= 0.6 is 22.9 Å². The molecule has 1 amide bonds. The first kappa shape index (κ1) is 15.4. The monoisotopic (exact) mass is 335 g/mol. The molecule has 0 radical (unpaired) electrons. The number of amides is 1. The Morgan fingerprint density at radius 2 is 1.86 bits per heavy atom. The van der Waals surface area contributed by atoms with Crippen molar-refractivity contribution in [2.45, 2.75) is 44.4 Å². The summed E-state index contributed by atoms with van der Waals surface area (Å²) in [7, 11) is 0. The van der Waals surface area contributed by atoms with E-state index in [9.17, 15) is 4.79 Å². The molecule has 0 bridgehead atoms. The van der Waals surface area contributed by atoms with Gasteiger partial charge in [-0.2, -0.15) is 0 Å². The minimum atomic E-state index is -0.432. The van der Waals surface area contributed by atoms with E-state index in [0.717, 1.165) is 23.4 Å². The summed E-state index contributed by atoms with van der Waals surface area (Å²) in [6, 6.07) is 7.50. The van der Waals surface area contributed by atoms with Crippen LogP contribution in [0, 0.1) is 0 Å². The van der Waals surface area contributed by atoms with Crippen molar-refractivity contribution >= 4 is 34.0 Å². The topological polar surface area (TPSA) is 54.9 Å². The van der Waals surface area contributed by atoms with E-state index in [1.165, 1.54) is 11.3 Å². The highest BCUT2D eigenvalue weighted by Crippen LogP contribution is 2.49. The van der Waals surface area contributed by atoms with Crippen molar-refractivity contribution < 1.29 is 4.79 Å². The van der Waals surface area contributed by atoms with Crippen molar-refractivity contribution in [3.8, 4) is 0 Å². The van der Waals surface area contributed by atoms with Gasteiger partial charge in [0, 0.05) is 10.4 Å². The fraction of sp³-hybridized carbons (Fsp3) is 0.438. The molecule has 0 spiro atoms. The molecule has 0 saturated heterocycles. The first-order valence-electron chi connectivity index (χ1n) is 7.23. The van der Waals surface area contributed by atoms with Crippen molar-refractivity contribution in [3.05, 3.63) is 39.9 Å². The molecule has 2 aromatic rings. The maximum absolute atomic E-state index is 12.6. The second-order valence-electron chi connectivity index (χ2n) is 6.71. The predicted octanol–water partition coefficient (Wildman–Crippen LogP) is 4.16. The highest BCUT2D eigenvalue weighted by molar-refractivity contribution is 7.15. The number of carbonyl (C=O) groups is 1. The van der Waals surface area contributed by atoms with Crippen LogP contribution in [-0.4, -0.2) is 16.1 Å². The molecule has 0 aliphatic heterocycles. The molecule has 6 heteroatoms. The molecular formula is C16H18ClN3OS. The Morgan fingerprint density at radius 3 is 2.36 bits per heavy atom. The van der Waals surface area contributed by atoms with E-state index in [1.807, 2.05) is 24.3 Å². The predicted molar refractivity (Wildman–Crippen MR) is 89.6 cm³/mol. The maximum atomic E-state index is 12.6. The summed E-state index contributed by atoms with van der Waals surface area (Å²) >= 11 is 7.35. The van der Waals surface area contributed by atoms with Crippen molar-refractivity contribution in [1.29, 1.82) is 0 Å². The number of hydrogen-bond acceptors (Lipinski definition) is 4. The lowest BCUT2D eigenvalue weighted by atomic mass is 9.95. The van der Waals surface area contributed by atoms with Gasteiger partial charge in [-0.15, -0.1) is 10.2 Å². The number of aromatic nitrogens is 2. The molecule has 3 rings (SSSR count). The van der Waals surface area contributed by atoms with Crippen molar-refractivity contribution in [2.75, 3.05) is 5.32 Å². The maximum Gasteiger partial charge on any atom is 0.236 e. The number of anilines is 1. The van der Waals surface area contributed by atoms with Crippen molar-refractivity contribution in [3.63, 3.8) is 0 Å². The number of halogens is 1. The molecule has 1 aromatic carbocycles. The summed E-state index contributed by atoms with van der Waals surface area (Å²) in [4.78, 5) is 12.6. The van der Waals surface area contributed by atoms with Crippen LogP contribution in [0.15, 0.2) is 24.3 Å². The highest BCUT2D eigenvalue weighted by atomic mass is 35.5. The Morgan fingerprint density at radius 1 is 1.23 bits per heavy atom. The van der Waals surface area contributed by atoms with Crippen molar-refractivity contribution in [2.24, 2.45) is 0 Å². The molecular weight excluding hydrogens is 318 g/mol. The second-order valence-corrected chi connectivity index (χ2v) is 8.12. The Hall–Kier alpha value is -1.46. The lowest BCUT2D eigenvalue weighted by molar-refractivity contribution is -0.118. The summed E-state index contributed by atoms with van der Waals surface area (Å²) in [5, 5.41) is 13.3. The van der Waals surface area contributed by atoms with E-state index in [1.54, 1.807) is 0 Å². The van der Waals surface area contributed by atoms with Gasteiger partial charge in [0.25, 0.3) is 0 Å². The van der Waals surface area contributed by atoms with Gasteiger partial charge in [-0.25, -0.2) is 0 Å². The van der Waals surface area contributed by atoms with Gasteiger partial charge in [-0.05, 0) is 30.5 Å². The van der Waals surface area contributed by atoms with E-state index in [-0.39, 0.29) is 11.3 Å². The van der Waals surface area contributed by atoms with Crippen LogP contribution in [-0.2, 0) is 15.6 Å². The summed E-state index contributed by atoms with van der Waals surface area (Å²) in [5.41, 5.74) is 0.515. The lowest BCUT2D eigenvalue weighted by Gasteiger charge is -2.14. The number of benzene rings is 1. The highest BCUT2D eigenvalue weighted by Gasteiger charge is 2.51. The molecule has 1 fully saturated rings. The number of carbonyl (C=O) groups excluding carboxylic acids is 1. The van der Waals surface area contributed by atoms with Gasteiger partial charge < -0.3 is 0 Å². The van der Waals surface area contributed by atoms with E-state index in [2.05, 4.69) is 36.3 Å². The molecule has 1 aliphatic rings.